The topological polar surface area (TPSA) is 28.7 Å². The van der Waals surface area contributed by atoms with E-state index in [0.717, 1.165) is 20.7 Å². The third kappa shape index (κ3) is 2.88. The van der Waals surface area contributed by atoms with Crippen molar-refractivity contribution in [3.63, 3.8) is 0 Å². The van der Waals surface area contributed by atoms with Gasteiger partial charge in [0.05, 0.1) is 11.0 Å². The van der Waals surface area contributed by atoms with Crippen molar-refractivity contribution in [1.82, 2.24) is 9.97 Å². The summed E-state index contributed by atoms with van der Waals surface area (Å²) in [4.78, 5) is 7.75. The molecule has 20 heavy (non-hydrogen) atoms. The van der Waals surface area contributed by atoms with Crippen LogP contribution in [-0.4, -0.2) is 9.97 Å². The Labute approximate surface area is 128 Å². The highest BCUT2D eigenvalue weighted by molar-refractivity contribution is 9.10. The van der Waals surface area contributed by atoms with Gasteiger partial charge in [0, 0.05) is 10.2 Å². The highest BCUT2D eigenvalue weighted by Crippen LogP contribution is 2.25. The van der Waals surface area contributed by atoms with E-state index in [2.05, 4.69) is 32.0 Å². The first-order chi connectivity index (χ1) is 9.61. The van der Waals surface area contributed by atoms with Crippen LogP contribution in [0.5, 0.6) is 0 Å². The number of hydrogen-bond donors (Lipinski definition) is 1. The van der Waals surface area contributed by atoms with Crippen LogP contribution in [0.25, 0.3) is 11.0 Å². The average Bonchev–Trinajstić information content (AvgIpc) is 2.79. The van der Waals surface area contributed by atoms with Gasteiger partial charge in [-0.15, -0.1) is 0 Å². The van der Waals surface area contributed by atoms with Crippen LogP contribution in [0.3, 0.4) is 0 Å². The van der Waals surface area contributed by atoms with Crippen molar-refractivity contribution in [2.24, 2.45) is 0 Å². The molecule has 0 aliphatic carbocycles. The van der Waals surface area contributed by atoms with Crippen molar-refractivity contribution >= 4 is 38.7 Å². The molecule has 3 aromatic rings. The lowest BCUT2D eigenvalue weighted by Crippen LogP contribution is -1.87. The minimum absolute atomic E-state index is 0.196. The first-order valence-corrected chi connectivity index (χ1v) is 7.93. The number of thioether (sulfide) groups is 1. The fourth-order valence-corrected chi connectivity index (χ4v) is 3.16. The fourth-order valence-electron chi connectivity index (χ4n) is 1.95. The summed E-state index contributed by atoms with van der Waals surface area (Å²) in [6.07, 6.45) is 0. The number of aromatic nitrogens is 2. The molecule has 0 bridgehead atoms. The van der Waals surface area contributed by atoms with Gasteiger partial charge in [-0.3, -0.25) is 0 Å². The van der Waals surface area contributed by atoms with Gasteiger partial charge in [-0.2, -0.15) is 0 Å². The summed E-state index contributed by atoms with van der Waals surface area (Å²) in [6, 6.07) is 11.2. The number of nitrogens with zero attached hydrogens (tertiary/aromatic N) is 1. The molecule has 2 nitrogen and oxygen atoms in total. The van der Waals surface area contributed by atoms with Crippen molar-refractivity contribution in [2.75, 3.05) is 0 Å². The lowest BCUT2D eigenvalue weighted by atomic mass is 10.2. The van der Waals surface area contributed by atoms with Crippen LogP contribution in [0.4, 0.5) is 4.39 Å². The van der Waals surface area contributed by atoms with Crippen LogP contribution in [0, 0.1) is 12.7 Å². The maximum Gasteiger partial charge on any atom is 0.166 e. The highest BCUT2D eigenvalue weighted by Gasteiger charge is 2.07. The molecule has 0 unspecified atom stereocenters. The van der Waals surface area contributed by atoms with E-state index in [9.17, 15) is 4.39 Å². The van der Waals surface area contributed by atoms with Gasteiger partial charge >= 0.3 is 0 Å². The van der Waals surface area contributed by atoms with E-state index in [4.69, 9.17) is 0 Å². The number of aromatic amines is 1. The zero-order valence-electron chi connectivity index (χ0n) is 10.8. The SMILES string of the molecule is Cc1ccc2nc(SCc3ccc(Br)cc3F)[nH]c2c1. The summed E-state index contributed by atoms with van der Waals surface area (Å²) < 4.78 is 14.5. The van der Waals surface area contributed by atoms with Gasteiger partial charge < -0.3 is 4.98 Å². The van der Waals surface area contributed by atoms with Crippen molar-refractivity contribution in [2.45, 2.75) is 17.8 Å². The predicted octanol–water partition coefficient (Wildman–Crippen LogP) is 5.07. The van der Waals surface area contributed by atoms with Crippen LogP contribution in [0.15, 0.2) is 46.0 Å². The van der Waals surface area contributed by atoms with E-state index in [-0.39, 0.29) is 5.82 Å². The molecule has 0 amide bonds. The molecular weight excluding hydrogens is 339 g/mol. The Morgan fingerprint density at radius 1 is 1.25 bits per heavy atom. The summed E-state index contributed by atoms with van der Waals surface area (Å²) in [5, 5.41) is 0.813. The van der Waals surface area contributed by atoms with Crippen molar-refractivity contribution in [1.29, 1.82) is 0 Å². The van der Waals surface area contributed by atoms with E-state index in [1.165, 1.54) is 23.4 Å². The Balaban J connectivity index is 1.79. The van der Waals surface area contributed by atoms with Crippen LogP contribution in [-0.2, 0) is 5.75 Å². The largest absolute Gasteiger partial charge is 0.333 e. The van der Waals surface area contributed by atoms with Gasteiger partial charge in [-0.05, 0) is 42.3 Å². The molecular formula is C15H12BrFN2S. The van der Waals surface area contributed by atoms with Crippen LogP contribution in [0.1, 0.15) is 11.1 Å². The minimum atomic E-state index is -0.196. The summed E-state index contributed by atoms with van der Waals surface area (Å²) in [5.74, 6) is 0.358. The number of aryl methyl sites for hydroxylation is 1. The zero-order chi connectivity index (χ0) is 14.1. The molecule has 1 heterocycles. The van der Waals surface area contributed by atoms with E-state index in [1.807, 2.05) is 25.1 Å². The zero-order valence-corrected chi connectivity index (χ0v) is 13.2. The van der Waals surface area contributed by atoms with Crippen molar-refractivity contribution in [3.05, 3.63) is 57.8 Å². The van der Waals surface area contributed by atoms with Gasteiger partial charge in [-0.25, -0.2) is 9.37 Å². The molecule has 102 valence electrons. The predicted molar refractivity (Wildman–Crippen MR) is 84.5 cm³/mol. The number of halogens is 2. The van der Waals surface area contributed by atoms with Gasteiger partial charge in [0.2, 0.25) is 0 Å². The molecule has 0 radical (unpaired) electrons. The molecule has 0 aliphatic rings. The highest BCUT2D eigenvalue weighted by atomic mass is 79.9. The Kier molecular flexibility index (Phi) is 3.81. The second-order valence-corrected chi connectivity index (χ2v) is 6.47. The Bertz CT molecular complexity index is 770. The number of H-pyrrole nitrogens is 1. The molecule has 3 rings (SSSR count). The quantitative estimate of drug-likeness (QED) is 0.668. The van der Waals surface area contributed by atoms with Crippen LogP contribution >= 0.6 is 27.7 Å². The summed E-state index contributed by atoms with van der Waals surface area (Å²) in [5.41, 5.74) is 3.82. The molecule has 5 heteroatoms. The lowest BCUT2D eigenvalue weighted by Gasteiger charge is -2.01. The molecule has 0 aliphatic heterocycles. The third-order valence-corrected chi connectivity index (χ3v) is 4.41. The monoisotopic (exact) mass is 350 g/mol. The van der Waals surface area contributed by atoms with Crippen LogP contribution < -0.4 is 0 Å². The number of benzene rings is 2. The van der Waals surface area contributed by atoms with Gasteiger partial charge in [0.25, 0.3) is 0 Å². The van der Waals surface area contributed by atoms with Crippen LogP contribution in [0.2, 0.25) is 0 Å². The first kappa shape index (κ1) is 13.6. The number of fused-ring (bicyclic) bond motifs is 1. The van der Waals surface area contributed by atoms with E-state index >= 15 is 0 Å². The standard InChI is InChI=1S/C15H12BrFN2S/c1-9-2-5-13-14(6-9)19-15(18-13)20-8-10-3-4-11(16)7-12(10)17/h2-7H,8H2,1H3,(H,18,19). The van der Waals surface area contributed by atoms with Gasteiger partial charge in [-0.1, -0.05) is 39.8 Å². The van der Waals surface area contributed by atoms with Gasteiger partial charge in [0.15, 0.2) is 5.16 Å². The third-order valence-electron chi connectivity index (χ3n) is 3.00. The Hall–Kier alpha value is -1.33. The molecule has 1 N–H and O–H groups in total. The molecule has 2 aromatic carbocycles. The number of nitrogens with one attached hydrogen (secondary N) is 1. The summed E-state index contributed by atoms with van der Waals surface area (Å²) in [7, 11) is 0. The number of hydrogen-bond acceptors (Lipinski definition) is 2. The second-order valence-electron chi connectivity index (χ2n) is 4.59. The van der Waals surface area contributed by atoms with E-state index in [1.54, 1.807) is 6.07 Å². The summed E-state index contributed by atoms with van der Waals surface area (Å²) in [6.45, 7) is 2.05. The summed E-state index contributed by atoms with van der Waals surface area (Å²) >= 11 is 4.76. The number of rotatable bonds is 3. The lowest BCUT2D eigenvalue weighted by molar-refractivity contribution is 0.616. The van der Waals surface area contributed by atoms with Crippen molar-refractivity contribution < 1.29 is 4.39 Å². The Morgan fingerprint density at radius 3 is 2.90 bits per heavy atom. The minimum Gasteiger partial charge on any atom is -0.333 e. The van der Waals surface area contributed by atoms with E-state index < -0.39 is 0 Å². The number of imidazole rings is 1. The molecule has 0 saturated carbocycles. The normalized spacial score (nSPS) is 11.2. The molecule has 0 saturated heterocycles. The smallest absolute Gasteiger partial charge is 0.166 e. The molecule has 0 atom stereocenters. The molecule has 0 spiro atoms. The van der Waals surface area contributed by atoms with Gasteiger partial charge in [0.1, 0.15) is 5.82 Å². The average molecular weight is 351 g/mol. The first-order valence-electron chi connectivity index (χ1n) is 6.15. The molecule has 0 fully saturated rings. The second kappa shape index (κ2) is 5.58. The molecule has 1 aromatic heterocycles. The van der Waals surface area contributed by atoms with Crippen molar-refractivity contribution in [3.8, 4) is 0 Å². The fraction of sp³-hybridized carbons (Fsp3) is 0.133. The maximum atomic E-state index is 13.7. The van der Waals surface area contributed by atoms with E-state index in [0.29, 0.717) is 11.3 Å². The maximum absolute atomic E-state index is 13.7. The Morgan fingerprint density at radius 2 is 2.10 bits per heavy atom.